The maximum absolute atomic E-state index is 5.87. The molecule has 1 aliphatic rings. The molecule has 0 saturated carbocycles. The van der Waals surface area contributed by atoms with Crippen LogP contribution in [0.3, 0.4) is 0 Å². The van der Waals surface area contributed by atoms with E-state index in [-0.39, 0.29) is 0 Å². The summed E-state index contributed by atoms with van der Waals surface area (Å²) in [5.74, 6) is 0. The Kier molecular flexibility index (Phi) is 3.91. The first-order valence-electron chi connectivity index (χ1n) is 5.75. The summed E-state index contributed by atoms with van der Waals surface area (Å²) in [5, 5.41) is 0. The highest BCUT2D eigenvalue weighted by atomic mass is 32.1. The van der Waals surface area contributed by atoms with Crippen LogP contribution < -0.4 is 5.73 Å². The molecule has 5 heteroatoms. The topological polar surface area (TPSA) is 45.4 Å². The average Bonchev–Trinajstić information content (AvgIpc) is 2.81. The summed E-state index contributed by atoms with van der Waals surface area (Å²) in [5.41, 5.74) is 7.77. The molecule has 1 aliphatic heterocycles. The van der Waals surface area contributed by atoms with E-state index >= 15 is 0 Å². The normalized spacial score (nSPS) is 25.8. The Bertz CT molecular complexity index is 314. The van der Waals surface area contributed by atoms with Gasteiger partial charge < -0.3 is 10.6 Å². The van der Waals surface area contributed by atoms with Gasteiger partial charge in [0, 0.05) is 49.3 Å². The van der Waals surface area contributed by atoms with Gasteiger partial charge in [-0.25, -0.2) is 0 Å². The van der Waals surface area contributed by atoms with Crippen molar-refractivity contribution in [1.29, 1.82) is 0 Å². The van der Waals surface area contributed by atoms with E-state index in [0.29, 0.717) is 12.1 Å². The van der Waals surface area contributed by atoms with Crippen molar-refractivity contribution < 1.29 is 0 Å². The molecule has 0 bridgehead atoms. The highest BCUT2D eigenvalue weighted by molar-refractivity contribution is 7.09. The Labute approximate surface area is 101 Å². The lowest BCUT2D eigenvalue weighted by molar-refractivity contribution is 0.0632. The van der Waals surface area contributed by atoms with Gasteiger partial charge in [-0.15, -0.1) is 11.3 Å². The second-order valence-corrected chi connectivity index (χ2v) is 5.39. The second-order valence-electron chi connectivity index (χ2n) is 4.47. The average molecular weight is 240 g/mol. The minimum Gasteiger partial charge on any atom is -0.329 e. The van der Waals surface area contributed by atoms with Gasteiger partial charge in [0.25, 0.3) is 0 Å². The summed E-state index contributed by atoms with van der Waals surface area (Å²) in [7, 11) is 2.16. The number of hydrogen-bond donors (Lipinski definition) is 1. The number of thiazole rings is 1. The maximum atomic E-state index is 5.87. The molecule has 0 radical (unpaired) electrons. The van der Waals surface area contributed by atoms with Gasteiger partial charge in [0.1, 0.15) is 0 Å². The van der Waals surface area contributed by atoms with Crippen molar-refractivity contribution in [3.63, 3.8) is 0 Å². The minimum absolute atomic E-state index is 0.440. The van der Waals surface area contributed by atoms with Gasteiger partial charge in [-0.3, -0.25) is 9.88 Å². The zero-order valence-electron chi connectivity index (χ0n) is 9.97. The Morgan fingerprint density at radius 1 is 1.62 bits per heavy atom. The Balaban J connectivity index is 2.07. The van der Waals surface area contributed by atoms with Crippen molar-refractivity contribution in [2.75, 3.05) is 33.2 Å². The number of piperazine rings is 1. The molecule has 0 spiro atoms. The van der Waals surface area contributed by atoms with Crippen molar-refractivity contribution in [3.05, 3.63) is 16.6 Å². The number of hydrogen-bond acceptors (Lipinski definition) is 5. The van der Waals surface area contributed by atoms with E-state index < -0.39 is 0 Å². The predicted octanol–water partition coefficient (Wildman–Crippen LogP) is 0.779. The van der Waals surface area contributed by atoms with Gasteiger partial charge in [-0.05, 0) is 14.0 Å². The van der Waals surface area contributed by atoms with Gasteiger partial charge in [0.2, 0.25) is 0 Å². The molecule has 0 aliphatic carbocycles. The summed E-state index contributed by atoms with van der Waals surface area (Å²) in [6, 6.07) is 0.908. The van der Waals surface area contributed by atoms with E-state index in [0.717, 1.165) is 26.2 Å². The van der Waals surface area contributed by atoms with Crippen LogP contribution in [0, 0.1) is 0 Å². The summed E-state index contributed by atoms with van der Waals surface area (Å²) in [6.45, 7) is 6.27. The van der Waals surface area contributed by atoms with E-state index in [2.05, 4.69) is 28.8 Å². The van der Waals surface area contributed by atoms with E-state index in [1.165, 1.54) is 4.88 Å². The Hall–Kier alpha value is -0.490. The summed E-state index contributed by atoms with van der Waals surface area (Å²) in [6.07, 6.45) is 1.97. The van der Waals surface area contributed by atoms with Crippen molar-refractivity contribution >= 4 is 11.3 Å². The fourth-order valence-electron chi connectivity index (χ4n) is 2.34. The molecule has 2 atom stereocenters. The van der Waals surface area contributed by atoms with Crippen LogP contribution in [0.4, 0.5) is 0 Å². The van der Waals surface area contributed by atoms with Crippen LogP contribution in [-0.2, 0) is 0 Å². The molecule has 2 rings (SSSR count). The Morgan fingerprint density at radius 2 is 2.44 bits per heavy atom. The highest BCUT2D eigenvalue weighted by Gasteiger charge is 2.28. The number of nitrogens with two attached hydrogens (primary N) is 1. The third kappa shape index (κ3) is 2.43. The quantitative estimate of drug-likeness (QED) is 0.848. The molecule has 1 aromatic rings. The summed E-state index contributed by atoms with van der Waals surface area (Å²) in [4.78, 5) is 10.4. The predicted molar refractivity (Wildman–Crippen MR) is 67.6 cm³/mol. The summed E-state index contributed by atoms with van der Waals surface area (Å²) >= 11 is 1.73. The first kappa shape index (κ1) is 12.0. The molecule has 4 nitrogen and oxygen atoms in total. The van der Waals surface area contributed by atoms with E-state index in [4.69, 9.17) is 5.73 Å². The van der Waals surface area contributed by atoms with Crippen molar-refractivity contribution in [1.82, 2.24) is 14.8 Å². The molecular formula is C11H20N4S. The molecule has 90 valence electrons. The van der Waals surface area contributed by atoms with Crippen molar-refractivity contribution in [2.45, 2.75) is 19.0 Å². The van der Waals surface area contributed by atoms with E-state index in [1.807, 2.05) is 11.7 Å². The molecule has 1 saturated heterocycles. The maximum Gasteiger partial charge on any atom is 0.0794 e. The van der Waals surface area contributed by atoms with Crippen LogP contribution >= 0.6 is 11.3 Å². The van der Waals surface area contributed by atoms with Crippen LogP contribution in [0.2, 0.25) is 0 Å². The van der Waals surface area contributed by atoms with Gasteiger partial charge in [-0.2, -0.15) is 0 Å². The fourth-order valence-corrected chi connectivity index (χ4v) is 3.04. The van der Waals surface area contributed by atoms with Gasteiger partial charge in [-0.1, -0.05) is 0 Å². The lowest BCUT2D eigenvalue weighted by Crippen LogP contribution is -2.55. The largest absolute Gasteiger partial charge is 0.329 e. The van der Waals surface area contributed by atoms with Gasteiger partial charge >= 0.3 is 0 Å². The van der Waals surface area contributed by atoms with E-state index in [1.54, 1.807) is 11.3 Å². The molecule has 1 aromatic heterocycles. The molecule has 0 aromatic carbocycles. The first-order valence-corrected chi connectivity index (χ1v) is 6.63. The van der Waals surface area contributed by atoms with Crippen LogP contribution in [-0.4, -0.2) is 54.1 Å². The van der Waals surface area contributed by atoms with Gasteiger partial charge in [0.05, 0.1) is 5.51 Å². The zero-order chi connectivity index (χ0) is 11.5. The standard InChI is InChI=1S/C11H20N4S/c1-9(11-6-13-8-16-11)15-4-3-14(2)7-10(15)5-12/h6,8-10H,3-5,7,12H2,1-2H3. The highest BCUT2D eigenvalue weighted by Crippen LogP contribution is 2.26. The van der Waals surface area contributed by atoms with Gasteiger partial charge in [0.15, 0.2) is 0 Å². The second kappa shape index (κ2) is 5.23. The minimum atomic E-state index is 0.440. The Morgan fingerprint density at radius 3 is 3.06 bits per heavy atom. The van der Waals surface area contributed by atoms with Crippen molar-refractivity contribution in [2.24, 2.45) is 5.73 Å². The van der Waals surface area contributed by atoms with Crippen molar-refractivity contribution in [3.8, 4) is 0 Å². The summed E-state index contributed by atoms with van der Waals surface area (Å²) < 4.78 is 0. The van der Waals surface area contributed by atoms with E-state index in [9.17, 15) is 0 Å². The molecule has 2 unspecified atom stereocenters. The number of rotatable bonds is 3. The SMILES string of the molecule is CC(c1cncs1)N1CCN(C)CC1CN. The lowest BCUT2D eigenvalue weighted by atomic mass is 10.1. The van der Waals surface area contributed by atoms with Crippen LogP contribution in [0.5, 0.6) is 0 Å². The third-order valence-electron chi connectivity index (χ3n) is 3.36. The van der Waals surface area contributed by atoms with Crippen LogP contribution in [0.1, 0.15) is 17.8 Å². The molecule has 2 N–H and O–H groups in total. The fraction of sp³-hybridized carbons (Fsp3) is 0.727. The number of aromatic nitrogens is 1. The molecule has 0 amide bonds. The molecular weight excluding hydrogens is 220 g/mol. The zero-order valence-corrected chi connectivity index (χ0v) is 10.8. The number of nitrogens with zero attached hydrogens (tertiary/aromatic N) is 3. The third-order valence-corrected chi connectivity index (χ3v) is 4.31. The smallest absolute Gasteiger partial charge is 0.0794 e. The monoisotopic (exact) mass is 240 g/mol. The molecule has 2 heterocycles. The molecule has 1 fully saturated rings. The molecule has 16 heavy (non-hydrogen) atoms. The first-order chi connectivity index (χ1) is 7.72. The lowest BCUT2D eigenvalue weighted by Gasteiger charge is -2.42. The van der Waals surface area contributed by atoms with Crippen LogP contribution in [0.25, 0.3) is 0 Å². The number of likely N-dealkylation sites (N-methyl/N-ethyl adjacent to an activating group) is 1. The van der Waals surface area contributed by atoms with Crippen LogP contribution in [0.15, 0.2) is 11.7 Å².